The molecule has 1 saturated carbocycles. The fourth-order valence-electron chi connectivity index (χ4n) is 9.58. The van der Waals surface area contributed by atoms with Crippen molar-refractivity contribution < 1.29 is 52.9 Å². The quantitative estimate of drug-likeness (QED) is 0.0283. The zero-order valence-corrected chi connectivity index (χ0v) is 38.1. The largest absolute Gasteiger partial charge is 0.459 e. The number of hydrogen-bond donors (Lipinski definition) is 2. The Morgan fingerprint density at radius 3 is 2.34 bits per heavy atom. The number of fused-ring (bicyclic) bond motifs is 2. The Labute approximate surface area is 389 Å². The van der Waals surface area contributed by atoms with E-state index in [9.17, 15) is 29.5 Å². The van der Waals surface area contributed by atoms with Gasteiger partial charge in [-0.1, -0.05) is 54.4 Å². The van der Waals surface area contributed by atoms with Crippen LogP contribution in [0.25, 0.3) is 0 Å². The van der Waals surface area contributed by atoms with Crippen LogP contribution in [0.2, 0.25) is 0 Å². The number of carbonyl (C=O) groups is 2. The van der Waals surface area contributed by atoms with E-state index in [2.05, 4.69) is 12.7 Å². The lowest BCUT2D eigenvalue weighted by Crippen LogP contribution is -2.70. The molecular weight excluding hydrogens is 862 g/mol. The van der Waals surface area contributed by atoms with Crippen LogP contribution in [0.4, 0.5) is 14.9 Å². The molecule has 1 heterocycles. The Kier molecular flexibility index (Phi) is 15.5. The van der Waals surface area contributed by atoms with Crippen molar-refractivity contribution in [3.05, 3.63) is 148 Å². The number of halogens is 1. The number of amides is 1. The van der Waals surface area contributed by atoms with Gasteiger partial charge < -0.3 is 34.0 Å². The predicted octanol–water partition coefficient (Wildman–Crippen LogP) is 10.5. The molecule has 2 N–H and O–H groups in total. The summed E-state index contributed by atoms with van der Waals surface area (Å²) < 4.78 is 41.3. The van der Waals surface area contributed by atoms with Crippen molar-refractivity contribution in [2.75, 3.05) is 19.8 Å². The van der Waals surface area contributed by atoms with Crippen LogP contribution in [0.5, 0.6) is 23.0 Å². The Bertz CT molecular complexity index is 2450. The molecule has 0 unspecified atom stereocenters. The molecule has 0 aromatic heterocycles. The number of benzene rings is 4. The maximum Gasteiger partial charge on any atom is 0.416 e. The van der Waals surface area contributed by atoms with Crippen molar-refractivity contribution in [3.63, 3.8) is 0 Å². The molecular formula is C52H58FN3O11. The van der Waals surface area contributed by atoms with Crippen LogP contribution < -0.4 is 14.2 Å². The third-order valence-electron chi connectivity index (χ3n) is 12.4. The summed E-state index contributed by atoms with van der Waals surface area (Å²) in [6, 6.07) is 22.3. The second-order valence-electron chi connectivity index (χ2n) is 18.1. The molecule has 2 aliphatic carbocycles. The number of unbranched alkanes of at least 4 members (excludes halogenated alkanes) is 2. The van der Waals surface area contributed by atoms with Gasteiger partial charge in [0.1, 0.15) is 46.7 Å². The highest BCUT2D eigenvalue weighted by molar-refractivity contribution is 6.03. The maximum absolute atomic E-state index is 15.0. The van der Waals surface area contributed by atoms with E-state index in [4.69, 9.17) is 28.9 Å². The van der Waals surface area contributed by atoms with E-state index >= 15 is 4.79 Å². The highest BCUT2D eigenvalue weighted by Gasteiger charge is 2.66. The van der Waals surface area contributed by atoms with E-state index < -0.39 is 46.1 Å². The summed E-state index contributed by atoms with van der Waals surface area (Å²) in [4.78, 5) is 45.4. The zero-order chi connectivity index (χ0) is 47.7. The molecule has 1 fully saturated rings. The molecule has 0 spiro atoms. The van der Waals surface area contributed by atoms with Gasteiger partial charge in [0.25, 0.3) is 5.69 Å². The van der Waals surface area contributed by atoms with E-state index in [1.807, 2.05) is 32.9 Å². The molecule has 67 heavy (non-hydrogen) atoms. The number of aldehydes is 1. The smallest absolute Gasteiger partial charge is 0.416 e. The number of aliphatic hydroxyl groups excluding tert-OH is 2. The summed E-state index contributed by atoms with van der Waals surface area (Å²) in [7, 11) is 0. The van der Waals surface area contributed by atoms with E-state index in [0.29, 0.717) is 59.8 Å². The molecule has 4 aromatic rings. The lowest BCUT2D eigenvalue weighted by molar-refractivity contribution is -0.384. The number of nitrogens with zero attached hydrogens (tertiary/aromatic N) is 3. The van der Waals surface area contributed by atoms with Gasteiger partial charge in [-0.15, -0.1) is 6.58 Å². The summed E-state index contributed by atoms with van der Waals surface area (Å²) in [6.07, 6.45) is 7.84. The molecule has 1 aliphatic heterocycles. The normalized spacial score (nSPS) is 22.3. The molecule has 1 amide bonds. The molecule has 0 bridgehead atoms. The fraction of sp³-hybridized carbons (Fsp3) is 0.404. The summed E-state index contributed by atoms with van der Waals surface area (Å²) >= 11 is 0. The number of nitro groups is 1. The number of allylic oxidation sites excluding steroid dienone is 1. The summed E-state index contributed by atoms with van der Waals surface area (Å²) in [5.41, 5.74) is 2.28. The van der Waals surface area contributed by atoms with Gasteiger partial charge >= 0.3 is 6.09 Å². The average Bonchev–Trinajstić information content (AvgIpc) is 3.31. The van der Waals surface area contributed by atoms with Gasteiger partial charge in [0.15, 0.2) is 0 Å². The lowest BCUT2D eigenvalue weighted by Gasteiger charge is -2.60. The standard InChI is InChI=1S/C52H58FN3O11/c1-5-27-63-52-47(55(32-34-15-17-37(53)18-16-34)50(60)65-39-21-19-38(20-22-39)56(61)62)31-45(54-67-51(2,3)4)43-29-36(12-6-8-25-57)42(14-7-9-26-58)48(49(43)52)44-30-41(23-24-46(44)66-52)64-40-13-10-11-35(28-40)33-59/h5,10-11,13,15-24,28-30,33,36,42,47-49,57-58H,1,6-9,12,14,25-27,31-32H2,2-4H3/t36-,42+,47-,48+,49+,52+/m0/s1. The first kappa shape index (κ1) is 48.5. The second kappa shape index (κ2) is 21.5. The third kappa shape index (κ3) is 11.2. The van der Waals surface area contributed by atoms with Crippen LogP contribution in [-0.2, 0) is 16.1 Å². The number of carbonyl (C=O) groups excluding carboxylic acids is 2. The third-order valence-corrected chi connectivity index (χ3v) is 12.4. The van der Waals surface area contributed by atoms with Crippen LogP contribution in [0.1, 0.15) is 93.1 Å². The molecule has 3 aliphatic rings. The number of rotatable bonds is 20. The summed E-state index contributed by atoms with van der Waals surface area (Å²) in [5.74, 6) is -1.85. The number of oxime groups is 1. The minimum Gasteiger partial charge on any atom is -0.459 e. The van der Waals surface area contributed by atoms with Crippen molar-refractivity contribution in [1.82, 2.24) is 4.90 Å². The van der Waals surface area contributed by atoms with Gasteiger partial charge in [-0.2, -0.15) is 0 Å². The van der Waals surface area contributed by atoms with Gasteiger partial charge in [0.2, 0.25) is 5.79 Å². The van der Waals surface area contributed by atoms with E-state index in [-0.39, 0.29) is 56.1 Å². The van der Waals surface area contributed by atoms with Crippen molar-refractivity contribution >= 4 is 23.8 Å². The Morgan fingerprint density at radius 1 is 0.970 bits per heavy atom. The van der Waals surface area contributed by atoms with Gasteiger partial charge in [-0.05, 0) is 124 Å². The van der Waals surface area contributed by atoms with Crippen molar-refractivity contribution in [1.29, 1.82) is 0 Å². The van der Waals surface area contributed by atoms with Gasteiger partial charge in [0.05, 0.1) is 23.2 Å². The highest BCUT2D eigenvalue weighted by atomic mass is 19.1. The van der Waals surface area contributed by atoms with E-state index in [0.717, 1.165) is 30.3 Å². The fourth-order valence-corrected chi connectivity index (χ4v) is 9.58. The van der Waals surface area contributed by atoms with Gasteiger partial charge in [-0.3, -0.25) is 19.8 Å². The summed E-state index contributed by atoms with van der Waals surface area (Å²) in [6.45, 7) is 9.60. The minimum absolute atomic E-state index is 0.00152. The number of non-ortho nitro benzene ring substituents is 1. The van der Waals surface area contributed by atoms with E-state index in [1.54, 1.807) is 48.5 Å². The van der Waals surface area contributed by atoms with Crippen LogP contribution in [-0.4, -0.2) is 75.4 Å². The first-order valence-electron chi connectivity index (χ1n) is 22.7. The maximum atomic E-state index is 15.0. The molecule has 15 heteroatoms. The monoisotopic (exact) mass is 919 g/mol. The van der Waals surface area contributed by atoms with Crippen molar-refractivity contribution in [3.8, 4) is 23.0 Å². The SMILES string of the molecule is C=CCO[C@@]12Oc3ccc(Oc4cccc(C=O)c4)cc3[C@H]3[C@H](CCCCO)[C@@H](CCCCO)C=C(C(=NOC(C)(C)C)C[C@@H]1N(Cc1ccc(F)cc1)C(=O)Oc1ccc([N+](=O)[O-])cc1)[C@H]32. The molecule has 7 rings (SSSR count). The number of ether oxygens (including phenoxy) is 4. The second-order valence-corrected chi connectivity index (χ2v) is 18.1. The van der Waals surface area contributed by atoms with Crippen molar-refractivity contribution in [2.45, 2.75) is 95.6 Å². The Hall–Kier alpha value is -6.42. The molecule has 0 radical (unpaired) electrons. The average molecular weight is 920 g/mol. The number of aliphatic hydroxyl groups is 2. The highest BCUT2D eigenvalue weighted by Crippen LogP contribution is 2.62. The topological polar surface area (TPSA) is 179 Å². The number of hydrogen-bond acceptors (Lipinski definition) is 12. The van der Waals surface area contributed by atoms with Crippen LogP contribution in [0, 0.1) is 33.7 Å². The first-order chi connectivity index (χ1) is 32.3. The summed E-state index contributed by atoms with van der Waals surface area (Å²) in [5, 5.41) is 36.3. The molecule has 354 valence electrons. The van der Waals surface area contributed by atoms with E-state index in [1.165, 1.54) is 41.3 Å². The predicted molar refractivity (Wildman–Crippen MR) is 249 cm³/mol. The van der Waals surface area contributed by atoms with Gasteiger partial charge in [-0.25, -0.2) is 9.18 Å². The van der Waals surface area contributed by atoms with Crippen LogP contribution in [0.3, 0.4) is 0 Å². The van der Waals surface area contributed by atoms with Gasteiger partial charge in [0, 0.05) is 55.4 Å². The minimum atomic E-state index is -1.67. The Morgan fingerprint density at radius 2 is 1.67 bits per heavy atom. The molecule has 4 aromatic carbocycles. The van der Waals surface area contributed by atoms with Crippen LogP contribution in [0.15, 0.2) is 120 Å². The Balaban J connectivity index is 1.47. The van der Waals surface area contributed by atoms with Crippen LogP contribution >= 0.6 is 0 Å². The zero-order valence-electron chi connectivity index (χ0n) is 38.1. The van der Waals surface area contributed by atoms with Crippen molar-refractivity contribution in [2.24, 2.45) is 22.9 Å². The molecule has 14 nitrogen and oxygen atoms in total. The first-order valence-corrected chi connectivity index (χ1v) is 22.7. The molecule has 0 saturated heterocycles. The number of nitro benzene ring substituents is 1. The lowest BCUT2D eigenvalue weighted by atomic mass is 9.55. The molecule has 6 atom stereocenters.